The second-order valence-electron chi connectivity index (χ2n) is 5.15. The third kappa shape index (κ3) is 5.45. The lowest BCUT2D eigenvalue weighted by Crippen LogP contribution is -2.37. The average Bonchev–Trinajstić information content (AvgIpc) is 2.97. The minimum Gasteiger partial charge on any atom is -0.361 e. The van der Waals surface area contributed by atoms with Crippen molar-refractivity contribution in [3.05, 3.63) is 32.6 Å². The smallest absolute Gasteiger partial charge is 0.191 e. The Morgan fingerprint density at radius 2 is 1.91 bits per heavy atom. The van der Waals surface area contributed by atoms with Crippen LogP contribution in [0.4, 0.5) is 0 Å². The molecule has 2 rings (SSSR count). The molecule has 0 aliphatic rings. The van der Waals surface area contributed by atoms with Crippen LogP contribution in [0.3, 0.4) is 0 Å². The summed E-state index contributed by atoms with van der Waals surface area (Å²) in [5.74, 6) is 1.68. The van der Waals surface area contributed by atoms with E-state index in [1.807, 2.05) is 27.7 Å². The second-order valence-corrected chi connectivity index (χ2v) is 6.43. The van der Waals surface area contributed by atoms with Gasteiger partial charge in [0.15, 0.2) is 5.96 Å². The van der Waals surface area contributed by atoms with E-state index in [0.717, 1.165) is 53.2 Å². The molecule has 0 fully saturated rings. The van der Waals surface area contributed by atoms with Gasteiger partial charge >= 0.3 is 0 Å². The van der Waals surface area contributed by atoms with E-state index < -0.39 is 0 Å². The molecule has 0 unspecified atom stereocenters. The first-order valence-corrected chi connectivity index (χ1v) is 8.12. The number of halogens is 1. The van der Waals surface area contributed by atoms with Crippen LogP contribution in [0.1, 0.15) is 32.6 Å². The first-order chi connectivity index (χ1) is 10.5. The molecule has 0 aliphatic heterocycles. The van der Waals surface area contributed by atoms with Gasteiger partial charge in [0, 0.05) is 24.0 Å². The van der Waals surface area contributed by atoms with Crippen LogP contribution in [-0.4, -0.2) is 29.7 Å². The van der Waals surface area contributed by atoms with Gasteiger partial charge in [-0.2, -0.15) is 0 Å². The number of aliphatic imine (C=N–C) groups is 1. The molecule has 128 valence electrons. The standard InChI is InChI=1S/C15H23N5OS.HI/c1-9-13(11(3)21-20-9)6-7-17-15(16-5)18-8-14-10(2)19-12(4)22-14;/h6-8H2,1-5H3,(H2,16,17,18);1H. The highest BCUT2D eigenvalue weighted by atomic mass is 127. The van der Waals surface area contributed by atoms with Gasteiger partial charge in [-0.25, -0.2) is 4.98 Å². The Morgan fingerprint density at radius 3 is 2.43 bits per heavy atom. The molecule has 0 saturated carbocycles. The summed E-state index contributed by atoms with van der Waals surface area (Å²) >= 11 is 1.72. The van der Waals surface area contributed by atoms with Gasteiger partial charge in [0.2, 0.25) is 0 Å². The van der Waals surface area contributed by atoms with Gasteiger partial charge in [-0.15, -0.1) is 35.3 Å². The van der Waals surface area contributed by atoms with Crippen molar-refractivity contribution in [1.82, 2.24) is 20.8 Å². The van der Waals surface area contributed by atoms with Crippen molar-refractivity contribution in [3.8, 4) is 0 Å². The highest BCUT2D eigenvalue weighted by molar-refractivity contribution is 14.0. The molecule has 0 saturated heterocycles. The van der Waals surface area contributed by atoms with Crippen molar-refractivity contribution in [2.45, 2.75) is 40.7 Å². The zero-order valence-electron chi connectivity index (χ0n) is 14.2. The quantitative estimate of drug-likeness (QED) is 0.417. The van der Waals surface area contributed by atoms with Gasteiger partial charge in [0.1, 0.15) is 5.76 Å². The predicted octanol–water partition coefficient (Wildman–Crippen LogP) is 2.89. The van der Waals surface area contributed by atoms with E-state index in [1.54, 1.807) is 18.4 Å². The fourth-order valence-electron chi connectivity index (χ4n) is 2.29. The molecule has 0 spiro atoms. The minimum atomic E-state index is 0. The first kappa shape index (κ1) is 19.9. The first-order valence-electron chi connectivity index (χ1n) is 7.30. The molecular weight excluding hydrogens is 425 g/mol. The largest absolute Gasteiger partial charge is 0.361 e. The molecule has 0 bridgehead atoms. The molecule has 6 nitrogen and oxygen atoms in total. The number of thiazole rings is 1. The van der Waals surface area contributed by atoms with Crippen molar-refractivity contribution in [2.24, 2.45) is 4.99 Å². The maximum Gasteiger partial charge on any atom is 0.191 e. The lowest BCUT2D eigenvalue weighted by Gasteiger charge is -2.11. The SMILES string of the molecule is CN=C(NCCc1c(C)noc1C)NCc1sc(C)nc1C.I. The Labute approximate surface area is 158 Å². The normalized spacial score (nSPS) is 11.3. The van der Waals surface area contributed by atoms with Crippen LogP contribution in [0.2, 0.25) is 0 Å². The van der Waals surface area contributed by atoms with Crippen LogP contribution in [0.15, 0.2) is 9.52 Å². The Bertz CT molecular complexity index is 645. The summed E-state index contributed by atoms with van der Waals surface area (Å²) in [6.45, 7) is 9.49. The summed E-state index contributed by atoms with van der Waals surface area (Å²) < 4.78 is 5.17. The van der Waals surface area contributed by atoms with E-state index in [1.165, 1.54) is 4.88 Å². The number of hydrogen-bond donors (Lipinski definition) is 2. The zero-order chi connectivity index (χ0) is 16.1. The average molecular weight is 449 g/mol. The molecule has 8 heteroatoms. The number of nitrogens with one attached hydrogen (secondary N) is 2. The van der Waals surface area contributed by atoms with E-state index in [-0.39, 0.29) is 24.0 Å². The second kappa shape index (κ2) is 9.21. The van der Waals surface area contributed by atoms with E-state index in [4.69, 9.17) is 4.52 Å². The molecule has 2 N–H and O–H groups in total. The van der Waals surface area contributed by atoms with Gasteiger partial charge in [-0.1, -0.05) is 5.16 Å². The molecular formula is C15H24IN5OS. The Kier molecular flexibility index (Phi) is 7.97. The van der Waals surface area contributed by atoms with Crippen LogP contribution in [0.5, 0.6) is 0 Å². The number of nitrogens with zero attached hydrogens (tertiary/aromatic N) is 3. The van der Waals surface area contributed by atoms with Gasteiger partial charge in [-0.05, 0) is 34.1 Å². The van der Waals surface area contributed by atoms with Crippen LogP contribution in [0.25, 0.3) is 0 Å². The molecule has 2 aromatic rings. The summed E-state index contributed by atoms with van der Waals surface area (Å²) in [5, 5.41) is 11.7. The van der Waals surface area contributed by atoms with Crippen LogP contribution in [0, 0.1) is 27.7 Å². The Hall–Kier alpha value is -1.16. The van der Waals surface area contributed by atoms with Crippen LogP contribution >= 0.6 is 35.3 Å². The lowest BCUT2D eigenvalue weighted by molar-refractivity contribution is 0.392. The molecule has 0 amide bonds. The fraction of sp³-hybridized carbons (Fsp3) is 0.533. The Balaban J connectivity index is 0.00000264. The zero-order valence-corrected chi connectivity index (χ0v) is 17.3. The maximum atomic E-state index is 5.17. The van der Waals surface area contributed by atoms with Gasteiger partial charge in [-0.3, -0.25) is 4.99 Å². The number of guanidine groups is 1. The number of rotatable bonds is 5. The summed E-state index contributed by atoms with van der Waals surface area (Å²) in [6, 6.07) is 0. The molecule has 0 atom stereocenters. The highest BCUT2D eigenvalue weighted by Gasteiger charge is 2.09. The lowest BCUT2D eigenvalue weighted by atomic mass is 10.1. The summed E-state index contributed by atoms with van der Waals surface area (Å²) in [4.78, 5) is 9.92. The van der Waals surface area contributed by atoms with Crippen LogP contribution < -0.4 is 10.6 Å². The van der Waals surface area contributed by atoms with Crippen LogP contribution in [-0.2, 0) is 13.0 Å². The predicted molar refractivity (Wildman–Crippen MR) is 105 cm³/mol. The third-order valence-corrected chi connectivity index (χ3v) is 4.56. The summed E-state index contributed by atoms with van der Waals surface area (Å²) in [6.07, 6.45) is 0.862. The van der Waals surface area contributed by atoms with E-state index in [2.05, 4.69) is 25.8 Å². The molecule has 23 heavy (non-hydrogen) atoms. The molecule has 0 radical (unpaired) electrons. The fourth-order valence-corrected chi connectivity index (χ4v) is 3.16. The van der Waals surface area contributed by atoms with Crippen molar-refractivity contribution < 1.29 is 4.52 Å². The molecule has 2 heterocycles. The Morgan fingerprint density at radius 1 is 1.17 bits per heavy atom. The monoisotopic (exact) mass is 449 g/mol. The van der Waals surface area contributed by atoms with E-state index in [9.17, 15) is 0 Å². The number of aromatic nitrogens is 2. The maximum absolute atomic E-state index is 5.17. The van der Waals surface area contributed by atoms with Gasteiger partial charge in [0.05, 0.1) is 22.9 Å². The topological polar surface area (TPSA) is 75.3 Å². The van der Waals surface area contributed by atoms with Crippen molar-refractivity contribution in [2.75, 3.05) is 13.6 Å². The minimum absolute atomic E-state index is 0. The van der Waals surface area contributed by atoms with E-state index >= 15 is 0 Å². The molecule has 0 aromatic carbocycles. The molecule has 2 aromatic heterocycles. The number of hydrogen-bond acceptors (Lipinski definition) is 5. The van der Waals surface area contributed by atoms with E-state index in [0.29, 0.717) is 0 Å². The van der Waals surface area contributed by atoms with Crippen molar-refractivity contribution in [1.29, 1.82) is 0 Å². The van der Waals surface area contributed by atoms with Crippen molar-refractivity contribution >= 4 is 41.3 Å². The summed E-state index contributed by atoms with van der Waals surface area (Å²) in [5.41, 5.74) is 3.20. The third-order valence-electron chi connectivity index (χ3n) is 3.49. The summed E-state index contributed by atoms with van der Waals surface area (Å²) in [7, 11) is 1.77. The van der Waals surface area contributed by atoms with Crippen molar-refractivity contribution in [3.63, 3.8) is 0 Å². The molecule has 0 aliphatic carbocycles. The van der Waals surface area contributed by atoms with Gasteiger partial charge in [0.25, 0.3) is 0 Å². The number of aryl methyl sites for hydroxylation is 4. The highest BCUT2D eigenvalue weighted by Crippen LogP contribution is 2.16. The van der Waals surface area contributed by atoms with Gasteiger partial charge < -0.3 is 15.2 Å².